The summed E-state index contributed by atoms with van der Waals surface area (Å²) in [4.78, 5) is 18.7. The van der Waals surface area contributed by atoms with Gasteiger partial charge in [0.05, 0.1) is 0 Å². The first-order chi connectivity index (χ1) is 10.2. The molecule has 1 aliphatic carbocycles. The molecule has 3 rings (SSSR count). The van der Waals surface area contributed by atoms with E-state index in [9.17, 15) is 4.79 Å². The number of nitrogens with zero attached hydrogens (tertiary/aromatic N) is 2. The lowest BCUT2D eigenvalue weighted by Gasteiger charge is -2.26. The summed E-state index contributed by atoms with van der Waals surface area (Å²) >= 11 is 0. The minimum absolute atomic E-state index is 0.0726. The Morgan fingerprint density at radius 2 is 2.24 bits per heavy atom. The molecule has 114 valence electrons. The van der Waals surface area contributed by atoms with Gasteiger partial charge < -0.3 is 15.5 Å². The van der Waals surface area contributed by atoms with Gasteiger partial charge >= 0.3 is 0 Å². The molecule has 2 heterocycles. The van der Waals surface area contributed by atoms with Gasteiger partial charge in [-0.15, -0.1) is 0 Å². The van der Waals surface area contributed by atoms with E-state index in [1.54, 1.807) is 7.05 Å². The number of carbonyl (C=O) groups excluding carboxylic acids is 1. The van der Waals surface area contributed by atoms with Gasteiger partial charge in [0.1, 0.15) is 11.9 Å². The second kappa shape index (κ2) is 6.02. The predicted molar refractivity (Wildman–Crippen MR) is 83.3 cm³/mol. The Morgan fingerprint density at radius 3 is 2.90 bits per heavy atom. The molecule has 2 N–H and O–H groups in total. The highest BCUT2D eigenvalue weighted by molar-refractivity contribution is 5.85. The number of carbonyl (C=O) groups is 1. The highest BCUT2D eigenvalue weighted by atomic mass is 16.2. The maximum Gasteiger partial charge on any atom is 0.242 e. The van der Waals surface area contributed by atoms with E-state index in [4.69, 9.17) is 0 Å². The van der Waals surface area contributed by atoms with Crippen LogP contribution in [0, 0.1) is 6.92 Å². The topological polar surface area (TPSA) is 57.3 Å². The lowest BCUT2D eigenvalue weighted by Crippen LogP contribution is -2.42. The normalized spacial score (nSPS) is 21.6. The van der Waals surface area contributed by atoms with Crippen molar-refractivity contribution in [2.24, 2.45) is 0 Å². The van der Waals surface area contributed by atoms with Crippen LogP contribution >= 0.6 is 0 Å². The van der Waals surface area contributed by atoms with Gasteiger partial charge in [-0.2, -0.15) is 0 Å². The molecule has 0 spiro atoms. The molecule has 1 aromatic rings. The van der Waals surface area contributed by atoms with Gasteiger partial charge in [-0.1, -0.05) is 0 Å². The summed E-state index contributed by atoms with van der Waals surface area (Å²) in [7, 11) is 1.70. The fourth-order valence-corrected chi connectivity index (χ4v) is 3.03. The molecule has 1 aliphatic heterocycles. The third-order valence-corrected chi connectivity index (χ3v) is 4.35. The molecular formula is C16H24N4O. The number of aromatic nitrogens is 1. The summed E-state index contributed by atoms with van der Waals surface area (Å²) < 4.78 is 0. The van der Waals surface area contributed by atoms with Gasteiger partial charge in [-0.05, 0) is 49.8 Å². The molecule has 5 nitrogen and oxygen atoms in total. The monoisotopic (exact) mass is 288 g/mol. The minimum Gasteiger partial charge on any atom is -0.357 e. The third kappa shape index (κ3) is 3.18. The quantitative estimate of drug-likeness (QED) is 0.859. The van der Waals surface area contributed by atoms with Crippen molar-refractivity contribution in [2.75, 3.05) is 18.5 Å². The highest BCUT2D eigenvalue weighted by Gasteiger charge is 2.31. The number of rotatable bonds is 5. The van der Waals surface area contributed by atoms with E-state index >= 15 is 0 Å². The van der Waals surface area contributed by atoms with Crippen LogP contribution in [0.3, 0.4) is 0 Å². The Bertz CT molecular complexity index is 527. The Morgan fingerprint density at radius 1 is 1.43 bits per heavy atom. The van der Waals surface area contributed by atoms with Crippen molar-refractivity contribution in [2.45, 2.75) is 51.2 Å². The minimum atomic E-state index is -0.0726. The van der Waals surface area contributed by atoms with E-state index in [2.05, 4.69) is 33.5 Å². The molecule has 2 aliphatic rings. The molecule has 1 saturated heterocycles. The van der Waals surface area contributed by atoms with E-state index in [1.807, 2.05) is 6.20 Å². The molecule has 21 heavy (non-hydrogen) atoms. The van der Waals surface area contributed by atoms with Crippen LogP contribution in [0.25, 0.3) is 0 Å². The van der Waals surface area contributed by atoms with E-state index in [-0.39, 0.29) is 11.9 Å². The fourth-order valence-electron chi connectivity index (χ4n) is 3.03. The first-order valence-corrected chi connectivity index (χ1v) is 7.86. The SMILES string of the molecule is CNC(=O)C1CCCN1c1ncc(CNC2CC2)cc1C. The second-order valence-corrected chi connectivity index (χ2v) is 6.10. The smallest absolute Gasteiger partial charge is 0.242 e. The van der Waals surface area contributed by atoms with Crippen molar-refractivity contribution in [3.05, 3.63) is 23.4 Å². The summed E-state index contributed by atoms with van der Waals surface area (Å²) in [5.74, 6) is 1.05. The molecular weight excluding hydrogens is 264 g/mol. The fraction of sp³-hybridized carbons (Fsp3) is 0.625. The van der Waals surface area contributed by atoms with Gasteiger partial charge in [-0.3, -0.25) is 4.79 Å². The summed E-state index contributed by atoms with van der Waals surface area (Å²) in [6.45, 7) is 3.88. The van der Waals surface area contributed by atoms with Crippen LogP contribution in [0.4, 0.5) is 5.82 Å². The Balaban J connectivity index is 1.73. The number of amides is 1. The van der Waals surface area contributed by atoms with Crippen LogP contribution in [-0.2, 0) is 11.3 Å². The third-order valence-electron chi connectivity index (χ3n) is 4.35. The maximum atomic E-state index is 12.0. The van der Waals surface area contributed by atoms with Crippen molar-refractivity contribution in [3.8, 4) is 0 Å². The van der Waals surface area contributed by atoms with Gasteiger partial charge in [0.2, 0.25) is 5.91 Å². The number of hydrogen-bond donors (Lipinski definition) is 2. The molecule has 0 aromatic carbocycles. The second-order valence-electron chi connectivity index (χ2n) is 6.10. The molecule has 1 saturated carbocycles. The van der Waals surface area contributed by atoms with Crippen molar-refractivity contribution in [1.82, 2.24) is 15.6 Å². The predicted octanol–water partition coefficient (Wildman–Crippen LogP) is 1.36. The first kappa shape index (κ1) is 14.3. The molecule has 1 aromatic heterocycles. The number of nitrogens with one attached hydrogen (secondary N) is 2. The lowest BCUT2D eigenvalue weighted by molar-refractivity contribution is -0.121. The molecule has 5 heteroatoms. The molecule has 1 amide bonds. The van der Waals surface area contributed by atoms with Gasteiger partial charge in [-0.25, -0.2) is 4.98 Å². The van der Waals surface area contributed by atoms with Crippen LogP contribution < -0.4 is 15.5 Å². The Kier molecular flexibility index (Phi) is 4.10. The van der Waals surface area contributed by atoms with Crippen LogP contribution in [0.5, 0.6) is 0 Å². The standard InChI is InChI=1S/C16H24N4O/c1-11-8-12(9-18-13-5-6-13)10-19-15(11)20-7-3-4-14(20)16(21)17-2/h8,10,13-14,18H,3-7,9H2,1-2H3,(H,17,21). The molecule has 0 bridgehead atoms. The lowest BCUT2D eigenvalue weighted by atomic mass is 10.1. The van der Waals surface area contributed by atoms with E-state index < -0.39 is 0 Å². The van der Waals surface area contributed by atoms with E-state index in [1.165, 1.54) is 18.4 Å². The van der Waals surface area contributed by atoms with Crippen LogP contribution in [-0.4, -0.2) is 36.6 Å². The zero-order valence-electron chi connectivity index (χ0n) is 12.9. The molecule has 1 atom stereocenters. The summed E-state index contributed by atoms with van der Waals surface area (Å²) in [5, 5.41) is 6.27. The number of anilines is 1. The number of pyridine rings is 1. The van der Waals surface area contributed by atoms with Crippen molar-refractivity contribution in [1.29, 1.82) is 0 Å². The number of aryl methyl sites for hydroxylation is 1. The number of likely N-dealkylation sites (N-methyl/N-ethyl adjacent to an activating group) is 1. The largest absolute Gasteiger partial charge is 0.357 e. The average molecular weight is 288 g/mol. The zero-order valence-corrected chi connectivity index (χ0v) is 12.9. The van der Waals surface area contributed by atoms with Gasteiger partial charge in [0.15, 0.2) is 0 Å². The first-order valence-electron chi connectivity index (χ1n) is 7.86. The average Bonchev–Trinajstić information content (AvgIpc) is 3.20. The highest BCUT2D eigenvalue weighted by Crippen LogP contribution is 2.27. The van der Waals surface area contributed by atoms with Gasteiger partial charge in [0, 0.05) is 32.4 Å². The van der Waals surface area contributed by atoms with Crippen molar-refractivity contribution >= 4 is 11.7 Å². The van der Waals surface area contributed by atoms with Crippen molar-refractivity contribution in [3.63, 3.8) is 0 Å². The van der Waals surface area contributed by atoms with Crippen LogP contribution in [0.1, 0.15) is 36.8 Å². The molecule has 2 fully saturated rings. The van der Waals surface area contributed by atoms with E-state index in [0.29, 0.717) is 6.04 Å². The number of hydrogen-bond acceptors (Lipinski definition) is 4. The van der Waals surface area contributed by atoms with E-state index in [0.717, 1.165) is 37.3 Å². The van der Waals surface area contributed by atoms with Crippen LogP contribution in [0.2, 0.25) is 0 Å². The van der Waals surface area contributed by atoms with Crippen molar-refractivity contribution < 1.29 is 4.79 Å². The zero-order chi connectivity index (χ0) is 14.8. The molecule has 1 unspecified atom stereocenters. The Hall–Kier alpha value is -1.62. The Labute approximate surface area is 126 Å². The summed E-state index contributed by atoms with van der Waals surface area (Å²) in [6, 6.07) is 2.83. The maximum absolute atomic E-state index is 12.0. The summed E-state index contributed by atoms with van der Waals surface area (Å²) in [6.07, 6.45) is 6.49. The van der Waals surface area contributed by atoms with Crippen LogP contribution in [0.15, 0.2) is 12.3 Å². The molecule has 0 radical (unpaired) electrons. The summed E-state index contributed by atoms with van der Waals surface area (Å²) in [5.41, 5.74) is 2.37. The van der Waals surface area contributed by atoms with Gasteiger partial charge in [0.25, 0.3) is 0 Å².